The number of hydrogen-bond donors (Lipinski definition) is 0. The number of rotatable bonds is 6. The summed E-state index contributed by atoms with van der Waals surface area (Å²) in [6, 6.07) is 0. The minimum atomic E-state index is -3.46. The number of nitrogens with zero attached hydrogens (tertiary/aromatic N) is 1. The van der Waals surface area contributed by atoms with E-state index in [9.17, 15) is 16.8 Å². The van der Waals surface area contributed by atoms with Crippen molar-refractivity contribution in [2.45, 2.75) is 11.8 Å². The Hall–Kier alpha value is 0.340. The summed E-state index contributed by atoms with van der Waals surface area (Å²) in [7, 11) is -5.26. The molecule has 0 aromatic rings. The van der Waals surface area contributed by atoms with E-state index in [0.29, 0.717) is 6.54 Å². The maximum Gasteiger partial charge on any atom is 0.214 e. The van der Waals surface area contributed by atoms with Gasteiger partial charge in [-0.25, -0.2) is 21.1 Å². The Balaban J connectivity index is 4.43. The summed E-state index contributed by atoms with van der Waals surface area (Å²) in [6.07, 6.45) is 1.02. The number of alkyl halides is 1. The van der Waals surface area contributed by atoms with E-state index in [1.165, 1.54) is 7.05 Å². The fourth-order valence-electron chi connectivity index (χ4n) is 0.880. The first-order chi connectivity index (χ1) is 6.54. The van der Waals surface area contributed by atoms with Gasteiger partial charge in [-0.2, -0.15) is 0 Å². The molecule has 0 fully saturated rings. The molecule has 0 saturated carbocycles. The molecule has 0 spiro atoms. The van der Waals surface area contributed by atoms with Crippen LogP contribution in [0.4, 0.5) is 0 Å². The van der Waals surface area contributed by atoms with E-state index in [0.717, 1.165) is 10.6 Å². The van der Waals surface area contributed by atoms with Gasteiger partial charge < -0.3 is 0 Å². The lowest BCUT2D eigenvalue weighted by molar-refractivity contribution is 0.474. The van der Waals surface area contributed by atoms with Crippen molar-refractivity contribution in [3.8, 4) is 0 Å². The average molecular weight is 322 g/mol. The van der Waals surface area contributed by atoms with Gasteiger partial charge in [-0.15, -0.1) is 0 Å². The minimum Gasteiger partial charge on any atom is -0.229 e. The zero-order valence-electron chi connectivity index (χ0n) is 8.97. The van der Waals surface area contributed by atoms with E-state index in [1.807, 2.05) is 6.92 Å². The van der Waals surface area contributed by atoms with Gasteiger partial charge in [0.2, 0.25) is 10.0 Å². The lowest BCUT2D eigenvalue weighted by atomic mass is 10.5. The molecule has 1 unspecified atom stereocenters. The van der Waals surface area contributed by atoms with Gasteiger partial charge in [-0.3, -0.25) is 0 Å². The molecule has 0 aliphatic rings. The molecule has 8 heteroatoms. The van der Waals surface area contributed by atoms with Crippen LogP contribution in [0, 0.1) is 0 Å². The number of hydrogen-bond acceptors (Lipinski definition) is 4. The summed E-state index contributed by atoms with van der Waals surface area (Å²) >= 11 is 3.23. The van der Waals surface area contributed by atoms with Crippen molar-refractivity contribution in [1.82, 2.24) is 4.31 Å². The second kappa shape index (κ2) is 5.60. The Kier molecular flexibility index (Phi) is 5.73. The zero-order valence-corrected chi connectivity index (χ0v) is 12.2. The highest BCUT2D eigenvalue weighted by Crippen LogP contribution is 2.05. The quantitative estimate of drug-likeness (QED) is 0.649. The molecule has 0 heterocycles. The molecule has 0 aliphatic heterocycles. The van der Waals surface area contributed by atoms with Crippen LogP contribution in [0.1, 0.15) is 6.92 Å². The van der Waals surface area contributed by atoms with Gasteiger partial charge >= 0.3 is 0 Å². The molecule has 0 radical (unpaired) electrons. The fourth-order valence-corrected chi connectivity index (χ4v) is 4.32. The first-order valence-corrected chi connectivity index (χ1v) is 8.89. The summed E-state index contributed by atoms with van der Waals surface area (Å²) in [5, 5.41) is 0. The third kappa shape index (κ3) is 7.26. The second-order valence-corrected chi connectivity index (χ2v) is 9.53. The van der Waals surface area contributed by atoms with Crippen LogP contribution in [0.5, 0.6) is 0 Å². The Morgan fingerprint density at radius 3 is 2.00 bits per heavy atom. The van der Waals surface area contributed by atoms with E-state index >= 15 is 0 Å². The summed E-state index contributed by atoms with van der Waals surface area (Å²) in [5.41, 5.74) is 0. The highest BCUT2D eigenvalue weighted by molar-refractivity contribution is 9.09. The molecule has 0 aromatic heterocycles. The standard InChI is InChI=1S/C7H16BrNO4S2/c1-7(8)6-9(2)15(12,13)5-4-14(3,10)11/h7H,4-6H2,1-3H3. The summed E-state index contributed by atoms with van der Waals surface area (Å²) in [4.78, 5) is 0.0375. The van der Waals surface area contributed by atoms with Crippen molar-refractivity contribution >= 4 is 35.8 Å². The molecule has 0 aliphatic carbocycles. The van der Waals surface area contributed by atoms with E-state index in [2.05, 4.69) is 15.9 Å². The molecular formula is C7H16BrNO4S2. The molecular weight excluding hydrogens is 306 g/mol. The molecule has 0 amide bonds. The smallest absolute Gasteiger partial charge is 0.214 e. The van der Waals surface area contributed by atoms with Gasteiger partial charge in [0, 0.05) is 24.7 Å². The maximum atomic E-state index is 11.6. The van der Waals surface area contributed by atoms with Crippen LogP contribution < -0.4 is 0 Å². The second-order valence-electron chi connectivity index (χ2n) is 3.51. The molecule has 0 bridgehead atoms. The average Bonchev–Trinajstić information content (AvgIpc) is 1.98. The van der Waals surface area contributed by atoms with Crippen molar-refractivity contribution in [3.05, 3.63) is 0 Å². The lowest BCUT2D eigenvalue weighted by Gasteiger charge is -2.17. The maximum absolute atomic E-state index is 11.6. The van der Waals surface area contributed by atoms with Crippen LogP contribution in [-0.2, 0) is 19.9 Å². The minimum absolute atomic E-state index is 0.0375. The van der Waals surface area contributed by atoms with Crippen LogP contribution in [0.2, 0.25) is 0 Å². The van der Waals surface area contributed by atoms with Crippen LogP contribution in [0.25, 0.3) is 0 Å². The van der Waals surface area contributed by atoms with Gasteiger partial charge in [0.1, 0.15) is 9.84 Å². The van der Waals surface area contributed by atoms with Crippen LogP contribution in [0.3, 0.4) is 0 Å². The van der Waals surface area contributed by atoms with Gasteiger partial charge in [0.15, 0.2) is 0 Å². The molecule has 0 N–H and O–H groups in total. The Bertz CT molecular complexity index is 387. The number of halogens is 1. The van der Waals surface area contributed by atoms with Crippen LogP contribution >= 0.6 is 15.9 Å². The highest BCUT2D eigenvalue weighted by atomic mass is 79.9. The number of sulfone groups is 1. The van der Waals surface area contributed by atoms with Crippen LogP contribution in [0.15, 0.2) is 0 Å². The molecule has 1 atom stereocenters. The highest BCUT2D eigenvalue weighted by Gasteiger charge is 2.20. The third-order valence-corrected chi connectivity index (χ3v) is 5.01. The van der Waals surface area contributed by atoms with Gasteiger partial charge in [0.25, 0.3) is 0 Å². The molecule has 0 saturated heterocycles. The monoisotopic (exact) mass is 321 g/mol. The molecule has 15 heavy (non-hydrogen) atoms. The fraction of sp³-hybridized carbons (Fsp3) is 1.00. The van der Waals surface area contributed by atoms with E-state index < -0.39 is 19.9 Å². The molecule has 0 rings (SSSR count). The van der Waals surface area contributed by atoms with Gasteiger partial charge in [-0.05, 0) is 0 Å². The Morgan fingerprint density at radius 2 is 1.67 bits per heavy atom. The Morgan fingerprint density at radius 1 is 1.20 bits per heavy atom. The van der Waals surface area contributed by atoms with Crippen molar-refractivity contribution in [2.24, 2.45) is 0 Å². The SMILES string of the molecule is CC(Br)CN(C)S(=O)(=O)CCS(C)(=O)=O. The van der Waals surface area contributed by atoms with E-state index in [-0.39, 0.29) is 16.3 Å². The van der Waals surface area contributed by atoms with E-state index in [1.54, 1.807) is 0 Å². The predicted molar refractivity (Wildman–Crippen MR) is 64.5 cm³/mol. The van der Waals surface area contributed by atoms with Crippen molar-refractivity contribution in [3.63, 3.8) is 0 Å². The zero-order chi connectivity index (χ0) is 12.3. The topological polar surface area (TPSA) is 71.5 Å². The van der Waals surface area contributed by atoms with Gasteiger partial charge in [0.05, 0.1) is 11.5 Å². The molecule has 0 aromatic carbocycles. The summed E-state index contributed by atoms with van der Waals surface area (Å²) in [5.74, 6) is -0.696. The van der Waals surface area contributed by atoms with Crippen molar-refractivity contribution < 1.29 is 16.8 Å². The third-order valence-electron chi connectivity index (χ3n) is 1.70. The number of sulfonamides is 1. The van der Waals surface area contributed by atoms with E-state index in [4.69, 9.17) is 0 Å². The normalized spacial score (nSPS) is 15.5. The van der Waals surface area contributed by atoms with Crippen molar-refractivity contribution in [2.75, 3.05) is 31.4 Å². The van der Waals surface area contributed by atoms with Gasteiger partial charge in [-0.1, -0.05) is 22.9 Å². The molecule has 92 valence electrons. The lowest BCUT2D eigenvalue weighted by Crippen LogP contribution is -2.35. The predicted octanol–water partition coefficient (Wildman–Crippen LogP) is 0.0760. The first kappa shape index (κ1) is 15.3. The summed E-state index contributed by atoms with van der Waals surface area (Å²) in [6.45, 7) is 2.15. The molecule has 5 nitrogen and oxygen atoms in total. The van der Waals surface area contributed by atoms with Crippen LogP contribution in [-0.4, -0.2) is 57.3 Å². The Labute approximate surface area is 99.9 Å². The van der Waals surface area contributed by atoms with Crippen molar-refractivity contribution in [1.29, 1.82) is 0 Å². The largest absolute Gasteiger partial charge is 0.229 e. The summed E-state index contributed by atoms with van der Waals surface area (Å²) < 4.78 is 45.9. The first-order valence-electron chi connectivity index (χ1n) is 4.30.